The summed E-state index contributed by atoms with van der Waals surface area (Å²) < 4.78 is 1.65. The third kappa shape index (κ3) is 1.96. The van der Waals surface area contributed by atoms with E-state index in [2.05, 4.69) is 10.3 Å². The normalized spacial score (nSPS) is 12.9. The lowest BCUT2D eigenvalue weighted by atomic mass is 9.99. The van der Waals surface area contributed by atoms with Gasteiger partial charge in [-0.25, -0.2) is 4.52 Å². The van der Waals surface area contributed by atoms with Crippen molar-refractivity contribution in [2.24, 2.45) is 0 Å². The molecular weight excluding hydrogens is 194 g/mol. The molecule has 5 heteroatoms. The standard InChI is InChI=1S/C10H11N3O2/c1-7(4-10(14)15)8-2-3-13-9(5-8)6-11-12-13/h2-3,5-7H,4H2,1H3,(H,14,15). The van der Waals surface area contributed by atoms with Crippen molar-refractivity contribution in [3.63, 3.8) is 0 Å². The summed E-state index contributed by atoms with van der Waals surface area (Å²) in [5.41, 5.74) is 1.87. The number of carbonyl (C=O) groups is 1. The van der Waals surface area contributed by atoms with Crippen molar-refractivity contribution in [2.75, 3.05) is 0 Å². The Morgan fingerprint density at radius 1 is 1.67 bits per heavy atom. The van der Waals surface area contributed by atoms with E-state index >= 15 is 0 Å². The first-order valence-electron chi connectivity index (χ1n) is 4.68. The Bertz CT molecular complexity index is 492. The molecule has 15 heavy (non-hydrogen) atoms. The lowest BCUT2D eigenvalue weighted by Crippen LogP contribution is -2.03. The summed E-state index contributed by atoms with van der Waals surface area (Å²) in [6.07, 6.45) is 3.57. The second-order valence-electron chi connectivity index (χ2n) is 3.56. The summed E-state index contributed by atoms with van der Waals surface area (Å²) >= 11 is 0. The molecule has 0 bridgehead atoms. The van der Waals surface area contributed by atoms with Crippen LogP contribution in [0.2, 0.25) is 0 Å². The molecular formula is C10H11N3O2. The predicted octanol–water partition coefficient (Wildman–Crippen LogP) is 1.31. The van der Waals surface area contributed by atoms with Crippen LogP contribution in [0.4, 0.5) is 0 Å². The Morgan fingerprint density at radius 3 is 3.20 bits per heavy atom. The molecule has 0 aliphatic rings. The van der Waals surface area contributed by atoms with Crippen molar-refractivity contribution in [2.45, 2.75) is 19.3 Å². The molecule has 0 aliphatic heterocycles. The van der Waals surface area contributed by atoms with Crippen molar-refractivity contribution in [1.82, 2.24) is 14.8 Å². The summed E-state index contributed by atoms with van der Waals surface area (Å²) in [5, 5.41) is 16.3. The van der Waals surface area contributed by atoms with Gasteiger partial charge in [0.25, 0.3) is 0 Å². The third-order valence-electron chi connectivity index (χ3n) is 2.38. The zero-order valence-corrected chi connectivity index (χ0v) is 8.29. The van der Waals surface area contributed by atoms with E-state index in [1.54, 1.807) is 16.9 Å². The van der Waals surface area contributed by atoms with Gasteiger partial charge < -0.3 is 5.11 Å². The molecule has 78 valence electrons. The minimum atomic E-state index is -0.783. The third-order valence-corrected chi connectivity index (χ3v) is 2.38. The summed E-state index contributed by atoms with van der Waals surface area (Å²) in [6.45, 7) is 1.89. The van der Waals surface area contributed by atoms with E-state index in [4.69, 9.17) is 5.11 Å². The molecule has 0 spiro atoms. The topological polar surface area (TPSA) is 67.5 Å². The van der Waals surface area contributed by atoms with Crippen molar-refractivity contribution < 1.29 is 9.90 Å². The van der Waals surface area contributed by atoms with Crippen LogP contribution in [0.15, 0.2) is 24.5 Å². The predicted molar refractivity (Wildman–Crippen MR) is 53.7 cm³/mol. The first-order valence-corrected chi connectivity index (χ1v) is 4.68. The van der Waals surface area contributed by atoms with Gasteiger partial charge in [0.2, 0.25) is 0 Å². The van der Waals surface area contributed by atoms with Crippen LogP contribution in [0, 0.1) is 0 Å². The highest BCUT2D eigenvalue weighted by Gasteiger charge is 2.10. The maximum absolute atomic E-state index is 10.6. The fourth-order valence-corrected chi connectivity index (χ4v) is 1.53. The Hall–Kier alpha value is -1.91. The van der Waals surface area contributed by atoms with Gasteiger partial charge in [-0.15, -0.1) is 5.10 Å². The Balaban J connectivity index is 2.30. The minimum Gasteiger partial charge on any atom is -0.481 e. The summed E-state index contributed by atoms with van der Waals surface area (Å²) in [4.78, 5) is 10.6. The van der Waals surface area contributed by atoms with E-state index in [9.17, 15) is 4.79 Å². The molecule has 0 saturated heterocycles. The molecule has 2 heterocycles. The quantitative estimate of drug-likeness (QED) is 0.820. The maximum atomic E-state index is 10.6. The Morgan fingerprint density at radius 2 is 2.47 bits per heavy atom. The van der Waals surface area contributed by atoms with Gasteiger partial charge in [-0.2, -0.15) is 0 Å². The zero-order chi connectivity index (χ0) is 10.8. The second kappa shape index (κ2) is 3.68. The Kier molecular flexibility index (Phi) is 2.37. The number of pyridine rings is 1. The number of carboxylic acid groups (broad SMARTS) is 1. The lowest BCUT2D eigenvalue weighted by Gasteiger charge is -2.08. The largest absolute Gasteiger partial charge is 0.481 e. The number of hydrogen-bond acceptors (Lipinski definition) is 3. The molecule has 2 rings (SSSR count). The highest BCUT2D eigenvalue weighted by molar-refractivity contribution is 5.68. The van der Waals surface area contributed by atoms with Crippen molar-refractivity contribution in [3.05, 3.63) is 30.1 Å². The minimum absolute atomic E-state index is 0.00222. The van der Waals surface area contributed by atoms with Crippen LogP contribution in [-0.4, -0.2) is 25.9 Å². The highest BCUT2D eigenvalue weighted by Crippen LogP contribution is 2.19. The average molecular weight is 205 g/mol. The lowest BCUT2D eigenvalue weighted by molar-refractivity contribution is -0.137. The van der Waals surface area contributed by atoms with E-state index in [1.165, 1.54) is 0 Å². The summed E-state index contributed by atoms with van der Waals surface area (Å²) in [5.74, 6) is -0.781. The molecule has 0 aromatic carbocycles. The van der Waals surface area contributed by atoms with Gasteiger partial charge in [0, 0.05) is 6.20 Å². The van der Waals surface area contributed by atoms with Gasteiger partial charge in [0.05, 0.1) is 18.1 Å². The number of rotatable bonds is 3. The molecule has 1 unspecified atom stereocenters. The number of hydrogen-bond donors (Lipinski definition) is 1. The summed E-state index contributed by atoms with van der Waals surface area (Å²) in [6, 6.07) is 3.78. The van der Waals surface area contributed by atoms with Gasteiger partial charge >= 0.3 is 5.97 Å². The number of carboxylic acids is 1. The summed E-state index contributed by atoms with van der Waals surface area (Å²) in [7, 11) is 0. The van der Waals surface area contributed by atoms with E-state index in [-0.39, 0.29) is 12.3 Å². The number of aliphatic carboxylic acids is 1. The van der Waals surface area contributed by atoms with Gasteiger partial charge in [-0.1, -0.05) is 12.1 Å². The Labute approximate surface area is 86.3 Å². The molecule has 0 saturated carbocycles. The molecule has 0 fully saturated rings. The molecule has 2 aromatic heterocycles. The molecule has 1 N–H and O–H groups in total. The van der Waals surface area contributed by atoms with Gasteiger partial charge in [0.1, 0.15) is 0 Å². The van der Waals surface area contributed by atoms with Crippen molar-refractivity contribution >= 4 is 11.5 Å². The zero-order valence-electron chi connectivity index (χ0n) is 8.29. The second-order valence-corrected chi connectivity index (χ2v) is 3.56. The molecule has 1 atom stereocenters. The average Bonchev–Trinajstić information content (AvgIpc) is 2.62. The monoisotopic (exact) mass is 205 g/mol. The molecule has 2 aromatic rings. The number of aromatic nitrogens is 3. The number of nitrogens with zero attached hydrogens (tertiary/aromatic N) is 3. The molecule has 0 radical (unpaired) electrons. The fraction of sp³-hybridized carbons (Fsp3) is 0.300. The van der Waals surface area contributed by atoms with Crippen molar-refractivity contribution in [1.29, 1.82) is 0 Å². The van der Waals surface area contributed by atoms with E-state index in [0.29, 0.717) is 0 Å². The number of fused-ring (bicyclic) bond motifs is 1. The van der Waals surface area contributed by atoms with E-state index < -0.39 is 5.97 Å². The van der Waals surface area contributed by atoms with Crippen LogP contribution in [0.3, 0.4) is 0 Å². The molecule has 0 aliphatic carbocycles. The maximum Gasteiger partial charge on any atom is 0.303 e. The van der Waals surface area contributed by atoms with Gasteiger partial charge in [-0.05, 0) is 23.6 Å². The van der Waals surface area contributed by atoms with Crippen LogP contribution < -0.4 is 0 Å². The first kappa shape index (κ1) is 9.64. The van der Waals surface area contributed by atoms with Crippen LogP contribution >= 0.6 is 0 Å². The highest BCUT2D eigenvalue weighted by atomic mass is 16.4. The fourth-order valence-electron chi connectivity index (χ4n) is 1.53. The van der Waals surface area contributed by atoms with Crippen LogP contribution in [0.5, 0.6) is 0 Å². The first-order chi connectivity index (χ1) is 7.16. The van der Waals surface area contributed by atoms with Crippen LogP contribution in [-0.2, 0) is 4.79 Å². The van der Waals surface area contributed by atoms with Crippen LogP contribution in [0.1, 0.15) is 24.8 Å². The van der Waals surface area contributed by atoms with Gasteiger partial charge in [0.15, 0.2) is 0 Å². The SMILES string of the molecule is CC(CC(=O)O)c1ccn2nncc2c1. The van der Waals surface area contributed by atoms with E-state index in [0.717, 1.165) is 11.1 Å². The molecule has 5 nitrogen and oxygen atoms in total. The van der Waals surface area contributed by atoms with Crippen molar-refractivity contribution in [3.8, 4) is 0 Å². The van der Waals surface area contributed by atoms with Gasteiger partial charge in [-0.3, -0.25) is 4.79 Å². The van der Waals surface area contributed by atoms with E-state index in [1.807, 2.05) is 19.1 Å². The smallest absolute Gasteiger partial charge is 0.303 e. The molecule has 0 amide bonds. The van der Waals surface area contributed by atoms with Crippen LogP contribution in [0.25, 0.3) is 5.52 Å².